The van der Waals surface area contributed by atoms with E-state index in [0.29, 0.717) is 16.2 Å². The first-order valence-corrected chi connectivity index (χ1v) is 10.7. The molecule has 0 aliphatic carbocycles. The number of anilines is 1. The van der Waals surface area contributed by atoms with E-state index in [1.807, 2.05) is 24.3 Å². The van der Waals surface area contributed by atoms with Crippen molar-refractivity contribution in [2.75, 3.05) is 18.0 Å². The van der Waals surface area contributed by atoms with Crippen molar-refractivity contribution in [3.8, 4) is 16.6 Å². The van der Waals surface area contributed by atoms with Gasteiger partial charge in [0.05, 0.1) is 15.8 Å². The Balaban J connectivity index is 1.70. The van der Waals surface area contributed by atoms with Gasteiger partial charge in [-0.1, -0.05) is 12.1 Å². The van der Waals surface area contributed by atoms with E-state index < -0.39 is 5.63 Å². The minimum atomic E-state index is -0.475. The highest BCUT2D eigenvalue weighted by molar-refractivity contribution is 7.21. The summed E-state index contributed by atoms with van der Waals surface area (Å²) in [6, 6.07) is 12.1. The molecule has 0 fully saturated rings. The predicted molar refractivity (Wildman–Crippen MR) is 115 cm³/mol. The van der Waals surface area contributed by atoms with Crippen molar-refractivity contribution in [2.45, 2.75) is 25.7 Å². The van der Waals surface area contributed by atoms with Crippen molar-refractivity contribution in [1.29, 1.82) is 5.26 Å². The molecule has 2 aromatic heterocycles. The summed E-state index contributed by atoms with van der Waals surface area (Å²) >= 11 is 1.42. The molecule has 6 rings (SSSR count). The molecule has 5 nitrogen and oxygen atoms in total. The molecule has 2 aromatic carbocycles. The van der Waals surface area contributed by atoms with E-state index >= 15 is 0 Å². The summed E-state index contributed by atoms with van der Waals surface area (Å²) in [5.74, 6) is 0. The van der Waals surface area contributed by atoms with Gasteiger partial charge in [-0.05, 0) is 49.4 Å². The van der Waals surface area contributed by atoms with Crippen LogP contribution >= 0.6 is 11.3 Å². The van der Waals surface area contributed by atoms with Crippen LogP contribution in [-0.4, -0.2) is 18.1 Å². The lowest BCUT2D eigenvalue weighted by Crippen LogP contribution is -2.34. The average molecular weight is 399 g/mol. The SMILES string of the molecule is N#Cc1c(-c2nc3ccccc3s2)c(=O)oc2c3c4c(cc12)CCCN4CCC3. The summed E-state index contributed by atoms with van der Waals surface area (Å²) < 4.78 is 6.88. The summed E-state index contributed by atoms with van der Waals surface area (Å²) in [4.78, 5) is 20.1. The first-order valence-electron chi connectivity index (χ1n) is 9.91. The van der Waals surface area contributed by atoms with Crippen LogP contribution in [0.15, 0.2) is 39.5 Å². The first kappa shape index (κ1) is 16.8. The number of aromatic nitrogens is 1. The highest BCUT2D eigenvalue weighted by Crippen LogP contribution is 2.42. The zero-order chi connectivity index (χ0) is 19.5. The van der Waals surface area contributed by atoms with Gasteiger partial charge in [0.15, 0.2) is 0 Å². The fourth-order valence-corrected chi connectivity index (χ4v) is 5.81. The number of nitrogens with zero attached hydrogens (tertiary/aromatic N) is 3. The minimum Gasteiger partial charge on any atom is -0.422 e. The van der Waals surface area contributed by atoms with Gasteiger partial charge in [0.1, 0.15) is 22.2 Å². The Bertz CT molecular complexity index is 1370. The van der Waals surface area contributed by atoms with E-state index in [1.165, 1.54) is 22.6 Å². The van der Waals surface area contributed by atoms with Crippen LogP contribution in [0.25, 0.3) is 31.8 Å². The topological polar surface area (TPSA) is 70.1 Å². The molecule has 0 saturated carbocycles. The van der Waals surface area contributed by atoms with Gasteiger partial charge in [0.2, 0.25) is 0 Å². The van der Waals surface area contributed by atoms with Gasteiger partial charge in [0, 0.05) is 29.7 Å². The normalized spacial score (nSPS) is 15.5. The van der Waals surface area contributed by atoms with Gasteiger partial charge < -0.3 is 9.32 Å². The van der Waals surface area contributed by atoms with E-state index in [1.54, 1.807) is 0 Å². The van der Waals surface area contributed by atoms with Gasteiger partial charge in [-0.25, -0.2) is 9.78 Å². The zero-order valence-corrected chi connectivity index (χ0v) is 16.5. The Morgan fingerprint density at radius 1 is 1.17 bits per heavy atom. The number of aryl methyl sites for hydroxylation is 2. The number of para-hydroxylation sites is 1. The molecular weight excluding hydrogens is 382 g/mol. The molecular formula is C23H17N3O2S. The van der Waals surface area contributed by atoms with Crippen LogP contribution in [-0.2, 0) is 12.8 Å². The third kappa shape index (κ3) is 2.37. The van der Waals surface area contributed by atoms with E-state index in [0.717, 1.165) is 59.9 Å². The molecule has 4 aromatic rings. The van der Waals surface area contributed by atoms with Crippen molar-refractivity contribution in [3.63, 3.8) is 0 Å². The molecule has 0 radical (unpaired) electrons. The summed E-state index contributed by atoms with van der Waals surface area (Å²) in [7, 11) is 0. The van der Waals surface area contributed by atoms with Crippen LogP contribution in [0.3, 0.4) is 0 Å². The van der Waals surface area contributed by atoms with Crippen LogP contribution in [0.1, 0.15) is 29.5 Å². The van der Waals surface area contributed by atoms with Crippen molar-refractivity contribution in [1.82, 2.24) is 4.98 Å². The second kappa shape index (κ2) is 6.16. The molecule has 6 heteroatoms. The van der Waals surface area contributed by atoms with Crippen molar-refractivity contribution in [2.24, 2.45) is 0 Å². The van der Waals surface area contributed by atoms with Gasteiger partial charge in [0.25, 0.3) is 0 Å². The standard InChI is InChI=1S/C23H17N3O2S/c24-12-16-15-11-13-5-3-9-26-10-4-6-14(20(13)26)21(15)28-23(27)19(16)22-25-17-7-1-2-8-18(17)29-22/h1-2,7-8,11H,3-6,9-10H2. The van der Waals surface area contributed by atoms with Crippen LogP contribution in [0.5, 0.6) is 0 Å². The Morgan fingerprint density at radius 2 is 2.00 bits per heavy atom. The van der Waals surface area contributed by atoms with Crippen molar-refractivity contribution < 1.29 is 4.42 Å². The van der Waals surface area contributed by atoms with Crippen LogP contribution in [0.4, 0.5) is 5.69 Å². The Kier molecular flexibility index (Phi) is 3.56. The highest BCUT2D eigenvalue weighted by atomic mass is 32.1. The lowest BCUT2D eigenvalue weighted by atomic mass is 9.88. The maximum atomic E-state index is 13.1. The molecule has 0 spiro atoms. The van der Waals surface area contributed by atoms with Gasteiger partial charge in [-0.2, -0.15) is 5.26 Å². The lowest BCUT2D eigenvalue weighted by molar-refractivity contribution is 0.551. The van der Waals surface area contributed by atoms with E-state index in [4.69, 9.17) is 4.42 Å². The number of hydrogen-bond donors (Lipinski definition) is 0. The average Bonchev–Trinajstić information content (AvgIpc) is 3.17. The molecule has 0 amide bonds. The molecule has 142 valence electrons. The predicted octanol–water partition coefficient (Wildman–Crippen LogP) is 4.64. The highest BCUT2D eigenvalue weighted by Gasteiger charge is 2.29. The summed E-state index contributed by atoms with van der Waals surface area (Å²) in [5, 5.41) is 11.3. The van der Waals surface area contributed by atoms with Crippen molar-refractivity contribution in [3.05, 3.63) is 57.4 Å². The minimum absolute atomic E-state index is 0.289. The third-order valence-corrected chi connectivity index (χ3v) is 7.06. The third-order valence-electron chi connectivity index (χ3n) is 6.01. The zero-order valence-electron chi connectivity index (χ0n) is 15.7. The fourth-order valence-electron chi connectivity index (χ4n) is 4.80. The van der Waals surface area contributed by atoms with Crippen LogP contribution in [0.2, 0.25) is 0 Å². The number of rotatable bonds is 1. The molecule has 0 bridgehead atoms. The summed E-state index contributed by atoms with van der Waals surface area (Å²) in [5.41, 5.74) is 5.20. The smallest absolute Gasteiger partial charge is 0.348 e. The Hall–Kier alpha value is -3.17. The molecule has 2 aliphatic heterocycles. The van der Waals surface area contributed by atoms with Gasteiger partial charge in [-0.15, -0.1) is 11.3 Å². The second-order valence-electron chi connectivity index (χ2n) is 7.67. The van der Waals surface area contributed by atoms with E-state index in [9.17, 15) is 10.1 Å². The molecule has 0 N–H and O–H groups in total. The summed E-state index contributed by atoms with van der Waals surface area (Å²) in [6.07, 6.45) is 4.03. The number of fused-ring (bicyclic) bond motifs is 3. The molecule has 4 heterocycles. The monoisotopic (exact) mass is 399 g/mol. The van der Waals surface area contributed by atoms with E-state index in [-0.39, 0.29) is 5.56 Å². The molecule has 0 unspecified atom stereocenters. The Morgan fingerprint density at radius 3 is 2.83 bits per heavy atom. The van der Waals surface area contributed by atoms with Crippen LogP contribution in [0, 0.1) is 11.3 Å². The van der Waals surface area contributed by atoms with Crippen molar-refractivity contribution >= 4 is 38.2 Å². The fraction of sp³-hybridized carbons (Fsp3) is 0.261. The number of benzene rings is 2. The first-order chi connectivity index (χ1) is 14.2. The number of thiazole rings is 1. The molecule has 0 atom stereocenters. The van der Waals surface area contributed by atoms with Gasteiger partial charge >= 0.3 is 5.63 Å². The second-order valence-corrected chi connectivity index (χ2v) is 8.70. The number of nitriles is 1. The lowest BCUT2D eigenvalue weighted by Gasteiger charge is -2.37. The van der Waals surface area contributed by atoms with E-state index in [2.05, 4.69) is 22.0 Å². The quantitative estimate of drug-likeness (QED) is 0.436. The molecule has 29 heavy (non-hydrogen) atoms. The maximum Gasteiger partial charge on any atom is 0.348 e. The maximum absolute atomic E-state index is 13.1. The largest absolute Gasteiger partial charge is 0.422 e. The van der Waals surface area contributed by atoms with Crippen LogP contribution < -0.4 is 10.5 Å². The summed E-state index contributed by atoms with van der Waals surface area (Å²) in [6.45, 7) is 2.09. The molecule has 2 aliphatic rings. The Labute approximate surface area is 170 Å². The van der Waals surface area contributed by atoms with Gasteiger partial charge in [-0.3, -0.25) is 0 Å². The molecule has 0 saturated heterocycles. The number of hydrogen-bond acceptors (Lipinski definition) is 6.